The van der Waals surface area contributed by atoms with Crippen molar-refractivity contribution in [1.82, 2.24) is 0 Å². The van der Waals surface area contributed by atoms with E-state index < -0.39 is 10.0 Å². The van der Waals surface area contributed by atoms with E-state index in [-0.39, 0.29) is 4.90 Å². The summed E-state index contributed by atoms with van der Waals surface area (Å²) in [5.74, 6) is 0. The van der Waals surface area contributed by atoms with Crippen molar-refractivity contribution in [2.75, 3.05) is 4.72 Å². The zero-order chi connectivity index (χ0) is 17.2. The van der Waals surface area contributed by atoms with Crippen LogP contribution in [0.15, 0.2) is 77.7 Å². The number of anilines is 1. The number of hydrogen-bond donors (Lipinski definition) is 1. The highest BCUT2D eigenvalue weighted by molar-refractivity contribution is 7.92. The van der Waals surface area contributed by atoms with E-state index in [2.05, 4.69) is 4.72 Å². The fourth-order valence-electron chi connectivity index (χ4n) is 2.37. The summed E-state index contributed by atoms with van der Waals surface area (Å²) in [6, 6.07) is 21.7. The minimum absolute atomic E-state index is 0.210. The van der Waals surface area contributed by atoms with Gasteiger partial charge < -0.3 is 0 Å². The Hall–Kier alpha value is -2.30. The van der Waals surface area contributed by atoms with E-state index in [4.69, 9.17) is 11.6 Å². The van der Waals surface area contributed by atoms with E-state index in [1.807, 2.05) is 37.3 Å². The van der Waals surface area contributed by atoms with E-state index in [1.54, 1.807) is 42.5 Å². The molecule has 0 unspecified atom stereocenters. The van der Waals surface area contributed by atoms with Crippen LogP contribution in [-0.2, 0) is 10.0 Å². The van der Waals surface area contributed by atoms with Gasteiger partial charge in [0, 0.05) is 5.02 Å². The highest BCUT2D eigenvalue weighted by atomic mass is 35.5. The summed E-state index contributed by atoms with van der Waals surface area (Å²) >= 11 is 5.95. The van der Waals surface area contributed by atoms with Crippen LogP contribution in [0.5, 0.6) is 0 Å². The molecule has 0 fully saturated rings. The molecular weight excluding hydrogens is 342 g/mol. The van der Waals surface area contributed by atoms with Crippen LogP contribution in [0.2, 0.25) is 5.02 Å². The highest BCUT2D eigenvalue weighted by Crippen LogP contribution is 2.25. The SMILES string of the molecule is Cc1ccc(Cl)cc1NS(=O)(=O)c1ccc(-c2ccccc2)cc1. The van der Waals surface area contributed by atoms with Gasteiger partial charge in [-0.1, -0.05) is 60.1 Å². The predicted molar refractivity (Wildman–Crippen MR) is 98.9 cm³/mol. The number of halogens is 1. The van der Waals surface area contributed by atoms with Gasteiger partial charge in [0.1, 0.15) is 0 Å². The molecule has 0 aromatic heterocycles. The van der Waals surface area contributed by atoms with Crippen molar-refractivity contribution in [2.45, 2.75) is 11.8 Å². The van der Waals surface area contributed by atoms with Gasteiger partial charge in [0.05, 0.1) is 10.6 Å². The molecule has 0 saturated carbocycles. The third-order valence-electron chi connectivity index (χ3n) is 3.72. The monoisotopic (exact) mass is 357 g/mol. The first-order chi connectivity index (χ1) is 11.5. The molecule has 3 aromatic carbocycles. The zero-order valence-electron chi connectivity index (χ0n) is 13.0. The van der Waals surface area contributed by atoms with Crippen LogP contribution in [0.1, 0.15) is 5.56 Å². The topological polar surface area (TPSA) is 46.2 Å². The lowest BCUT2D eigenvalue weighted by atomic mass is 10.1. The summed E-state index contributed by atoms with van der Waals surface area (Å²) in [6.45, 7) is 1.83. The van der Waals surface area contributed by atoms with Crippen LogP contribution in [0.25, 0.3) is 11.1 Å². The summed E-state index contributed by atoms with van der Waals surface area (Å²) in [4.78, 5) is 0.210. The summed E-state index contributed by atoms with van der Waals surface area (Å²) in [6.07, 6.45) is 0. The van der Waals surface area contributed by atoms with Crippen molar-refractivity contribution in [1.29, 1.82) is 0 Å². The van der Waals surface area contributed by atoms with Gasteiger partial charge in [-0.05, 0) is 47.9 Å². The van der Waals surface area contributed by atoms with E-state index in [0.717, 1.165) is 16.7 Å². The number of hydrogen-bond acceptors (Lipinski definition) is 2. The van der Waals surface area contributed by atoms with Gasteiger partial charge >= 0.3 is 0 Å². The molecule has 0 spiro atoms. The highest BCUT2D eigenvalue weighted by Gasteiger charge is 2.15. The Bertz CT molecular complexity index is 952. The molecule has 0 heterocycles. The number of sulfonamides is 1. The maximum absolute atomic E-state index is 12.6. The van der Waals surface area contributed by atoms with Gasteiger partial charge in [0.2, 0.25) is 0 Å². The molecule has 24 heavy (non-hydrogen) atoms. The van der Waals surface area contributed by atoms with Gasteiger partial charge in [-0.2, -0.15) is 0 Å². The lowest BCUT2D eigenvalue weighted by Crippen LogP contribution is -2.13. The molecule has 3 nitrogen and oxygen atoms in total. The Morgan fingerprint density at radius 1 is 0.833 bits per heavy atom. The molecule has 3 rings (SSSR count). The van der Waals surface area contributed by atoms with Crippen molar-refractivity contribution in [3.63, 3.8) is 0 Å². The molecule has 0 atom stereocenters. The minimum atomic E-state index is -3.66. The molecule has 0 aliphatic rings. The maximum atomic E-state index is 12.6. The average Bonchev–Trinajstić information content (AvgIpc) is 2.59. The standard InChI is InChI=1S/C19H16ClNO2S/c1-14-7-10-17(20)13-19(14)21-24(22,23)18-11-8-16(9-12-18)15-5-3-2-4-6-15/h2-13,21H,1H3. The van der Waals surface area contributed by atoms with Gasteiger partial charge in [-0.3, -0.25) is 4.72 Å². The minimum Gasteiger partial charge on any atom is -0.279 e. The summed E-state index contributed by atoms with van der Waals surface area (Å²) in [7, 11) is -3.66. The second kappa shape index (κ2) is 6.67. The van der Waals surface area contributed by atoms with Gasteiger partial charge in [0.25, 0.3) is 10.0 Å². The predicted octanol–water partition coefficient (Wildman–Crippen LogP) is 5.12. The largest absolute Gasteiger partial charge is 0.279 e. The van der Waals surface area contributed by atoms with Gasteiger partial charge in [-0.15, -0.1) is 0 Å². The molecule has 0 saturated heterocycles. The lowest BCUT2D eigenvalue weighted by molar-refractivity contribution is 0.601. The average molecular weight is 358 g/mol. The zero-order valence-corrected chi connectivity index (χ0v) is 14.6. The van der Waals surface area contributed by atoms with E-state index in [1.165, 1.54) is 0 Å². The number of nitrogens with one attached hydrogen (secondary N) is 1. The van der Waals surface area contributed by atoms with Crippen LogP contribution in [-0.4, -0.2) is 8.42 Å². The molecule has 122 valence electrons. The van der Waals surface area contributed by atoms with Crippen molar-refractivity contribution >= 4 is 27.3 Å². The van der Waals surface area contributed by atoms with Crippen LogP contribution in [0.3, 0.4) is 0 Å². The summed E-state index contributed by atoms with van der Waals surface area (Å²) in [5, 5.41) is 0.484. The fraction of sp³-hybridized carbons (Fsp3) is 0.0526. The Balaban J connectivity index is 1.89. The van der Waals surface area contributed by atoms with E-state index in [0.29, 0.717) is 10.7 Å². The Morgan fingerprint density at radius 3 is 2.12 bits per heavy atom. The van der Waals surface area contributed by atoms with Crippen molar-refractivity contribution in [2.24, 2.45) is 0 Å². The summed E-state index contributed by atoms with van der Waals surface area (Å²) in [5.41, 5.74) is 3.30. The van der Waals surface area contributed by atoms with Crippen LogP contribution in [0, 0.1) is 6.92 Å². The third-order valence-corrected chi connectivity index (χ3v) is 5.33. The molecule has 0 radical (unpaired) electrons. The molecule has 3 aromatic rings. The Kier molecular flexibility index (Phi) is 4.60. The molecule has 0 aliphatic heterocycles. The summed E-state index contributed by atoms with van der Waals surface area (Å²) < 4.78 is 27.7. The van der Waals surface area contributed by atoms with Crippen LogP contribution >= 0.6 is 11.6 Å². The first kappa shape index (κ1) is 16.6. The number of benzene rings is 3. The molecule has 1 N–H and O–H groups in total. The second-order valence-corrected chi connectivity index (χ2v) is 7.57. The molecule has 5 heteroatoms. The number of rotatable bonds is 4. The first-order valence-corrected chi connectivity index (χ1v) is 9.26. The van der Waals surface area contributed by atoms with Crippen molar-refractivity contribution in [3.8, 4) is 11.1 Å². The van der Waals surface area contributed by atoms with Crippen molar-refractivity contribution < 1.29 is 8.42 Å². The fourth-order valence-corrected chi connectivity index (χ4v) is 3.66. The second-order valence-electron chi connectivity index (χ2n) is 5.46. The quantitative estimate of drug-likeness (QED) is 0.704. The van der Waals surface area contributed by atoms with Crippen LogP contribution in [0.4, 0.5) is 5.69 Å². The van der Waals surface area contributed by atoms with Gasteiger partial charge in [-0.25, -0.2) is 8.42 Å². The molecule has 0 amide bonds. The van der Waals surface area contributed by atoms with Crippen LogP contribution < -0.4 is 4.72 Å². The number of aryl methyl sites for hydroxylation is 1. The normalized spacial score (nSPS) is 11.2. The smallest absolute Gasteiger partial charge is 0.261 e. The molecule has 0 aliphatic carbocycles. The Morgan fingerprint density at radius 2 is 1.46 bits per heavy atom. The lowest BCUT2D eigenvalue weighted by Gasteiger charge is -2.11. The van der Waals surface area contributed by atoms with E-state index in [9.17, 15) is 8.42 Å². The molecular formula is C19H16ClNO2S. The first-order valence-electron chi connectivity index (χ1n) is 7.40. The Labute approximate surface area is 147 Å². The molecule has 0 bridgehead atoms. The van der Waals surface area contributed by atoms with Gasteiger partial charge in [0.15, 0.2) is 0 Å². The third kappa shape index (κ3) is 3.61. The van der Waals surface area contributed by atoms with Crippen molar-refractivity contribution in [3.05, 3.63) is 83.4 Å². The maximum Gasteiger partial charge on any atom is 0.261 e. The van der Waals surface area contributed by atoms with E-state index >= 15 is 0 Å².